The Labute approximate surface area is 135 Å². The van der Waals surface area contributed by atoms with Gasteiger partial charge in [-0.05, 0) is 84.2 Å². The van der Waals surface area contributed by atoms with Crippen molar-refractivity contribution >= 4 is 15.9 Å². The summed E-state index contributed by atoms with van der Waals surface area (Å²) < 4.78 is 6.97. The van der Waals surface area contributed by atoms with Gasteiger partial charge in [-0.3, -0.25) is 0 Å². The van der Waals surface area contributed by atoms with Crippen LogP contribution in [0, 0.1) is 13.8 Å². The van der Waals surface area contributed by atoms with E-state index in [0.29, 0.717) is 6.04 Å². The largest absolute Gasteiger partial charge is 0.456 e. The van der Waals surface area contributed by atoms with Gasteiger partial charge in [0, 0.05) is 6.04 Å². The number of hydrogen-bond acceptors (Lipinski definition) is 2. The predicted octanol–water partition coefficient (Wildman–Crippen LogP) is 5.53. The monoisotopic (exact) mass is 347 g/mol. The number of halogens is 1. The van der Waals surface area contributed by atoms with Crippen molar-refractivity contribution in [2.45, 2.75) is 33.7 Å². The number of nitrogens with one attached hydrogen (secondary N) is 1. The van der Waals surface area contributed by atoms with Gasteiger partial charge in [-0.1, -0.05) is 19.1 Å². The van der Waals surface area contributed by atoms with E-state index >= 15 is 0 Å². The van der Waals surface area contributed by atoms with E-state index < -0.39 is 0 Å². The molecule has 0 heterocycles. The van der Waals surface area contributed by atoms with Crippen molar-refractivity contribution in [2.75, 3.05) is 6.54 Å². The summed E-state index contributed by atoms with van der Waals surface area (Å²) in [7, 11) is 0. The Balaban J connectivity index is 2.21. The van der Waals surface area contributed by atoms with Crippen LogP contribution in [-0.4, -0.2) is 6.54 Å². The molecule has 2 aromatic rings. The zero-order valence-electron chi connectivity index (χ0n) is 13.0. The highest BCUT2D eigenvalue weighted by molar-refractivity contribution is 9.10. The van der Waals surface area contributed by atoms with Crippen LogP contribution in [0.4, 0.5) is 0 Å². The van der Waals surface area contributed by atoms with Crippen LogP contribution in [-0.2, 0) is 0 Å². The van der Waals surface area contributed by atoms with Crippen LogP contribution in [0.5, 0.6) is 11.5 Å². The van der Waals surface area contributed by atoms with Crippen molar-refractivity contribution in [3.63, 3.8) is 0 Å². The maximum Gasteiger partial charge on any atom is 0.141 e. The minimum atomic E-state index is 0.335. The average molecular weight is 348 g/mol. The summed E-state index contributed by atoms with van der Waals surface area (Å²) in [6.07, 6.45) is 0. The first-order chi connectivity index (χ1) is 9.99. The number of benzene rings is 2. The van der Waals surface area contributed by atoms with E-state index in [0.717, 1.165) is 22.5 Å². The predicted molar refractivity (Wildman–Crippen MR) is 92.2 cm³/mol. The maximum atomic E-state index is 6.00. The molecule has 0 aliphatic heterocycles. The minimum Gasteiger partial charge on any atom is -0.456 e. The van der Waals surface area contributed by atoms with Gasteiger partial charge in [0.05, 0.1) is 4.47 Å². The molecule has 1 N–H and O–H groups in total. The van der Waals surface area contributed by atoms with Crippen molar-refractivity contribution in [3.8, 4) is 11.5 Å². The number of ether oxygens (including phenoxy) is 1. The Morgan fingerprint density at radius 3 is 2.33 bits per heavy atom. The molecule has 0 bridgehead atoms. The lowest BCUT2D eigenvalue weighted by atomic mass is 10.1. The quantitative estimate of drug-likeness (QED) is 0.767. The van der Waals surface area contributed by atoms with E-state index in [1.54, 1.807) is 0 Å². The van der Waals surface area contributed by atoms with Gasteiger partial charge >= 0.3 is 0 Å². The van der Waals surface area contributed by atoms with Gasteiger partial charge in [0.1, 0.15) is 11.5 Å². The first-order valence-corrected chi connectivity index (χ1v) is 8.08. The van der Waals surface area contributed by atoms with Crippen LogP contribution in [0.2, 0.25) is 0 Å². The van der Waals surface area contributed by atoms with Gasteiger partial charge in [0.25, 0.3) is 0 Å². The summed E-state index contributed by atoms with van der Waals surface area (Å²) in [5, 5.41) is 3.41. The second-order valence-electron chi connectivity index (χ2n) is 5.39. The fraction of sp³-hybridized carbons (Fsp3) is 0.333. The van der Waals surface area contributed by atoms with Crippen molar-refractivity contribution < 1.29 is 4.74 Å². The Morgan fingerprint density at radius 2 is 1.76 bits per heavy atom. The molecule has 2 nitrogen and oxygen atoms in total. The van der Waals surface area contributed by atoms with Gasteiger partial charge in [-0.25, -0.2) is 0 Å². The van der Waals surface area contributed by atoms with Crippen LogP contribution in [0.15, 0.2) is 40.9 Å². The molecule has 112 valence electrons. The van der Waals surface area contributed by atoms with E-state index in [1.807, 2.05) is 6.07 Å². The van der Waals surface area contributed by atoms with Crippen LogP contribution < -0.4 is 10.1 Å². The molecule has 2 aromatic carbocycles. The fourth-order valence-electron chi connectivity index (χ4n) is 2.41. The highest BCUT2D eigenvalue weighted by atomic mass is 79.9. The van der Waals surface area contributed by atoms with Crippen LogP contribution in [0.1, 0.15) is 36.6 Å². The molecular weight excluding hydrogens is 326 g/mol. The van der Waals surface area contributed by atoms with Gasteiger partial charge in [-0.2, -0.15) is 0 Å². The zero-order chi connectivity index (χ0) is 15.4. The van der Waals surface area contributed by atoms with Gasteiger partial charge in [0.2, 0.25) is 0 Å². The third-order valence-electron chi connectivity index (χ3n) is 3.39. The molecular formula is C18H22BrNO. The van der Waals surface area contributed by atoms with Crippen LogP contribution in [0.25, 0.3) is 0 Å². The van der Waals surface area contributed by atoms with Crippen molar-refractivity contribution in [2.24, 2.45) is 0 Å². The van der Waals surface area contributed by atoms with Gasteiger partial charge < -0.3 is 10.1 Å². The smallest absolute Gasteiger partial charge is 0.141 e. The normalized spacial score (nSPS) is 12.2. The molecule has 1 unspecified atom stereocenters. The van der Waals surface area contributed by atoms with Crippen molar-refractivity contribution in [1.82, 2.24) is 5.32 Å². The summed E-state index contributed by atoms with van der Waals surface area (Å²) in [5.41, 5.74) is 3.66. The Bertz CT molecular complexity index is 604. The molecule has 0 amide bonds. The maximum absolute atomic E-state index is 6.00. The van der Waals surface area contributed by atoms with E-state index in [4.69, 9.17) is 4.74 Å². The van der Waals surface area contributed by atoms with Crippen LogP contribution >= 0.6 is 15.9 Å². The lowest BCUT2D eigenvalue weighted by Crippen LogP contribution is -2.17. The third-order valence-corrected chi connectivity index (χ3v) is 4.01. The lowest BCUT2D eigenvalue weighted by molar-refractivity contribution is 0.478. The number of hydrogen-bond donors (Lipinski definition) is 1. The van der Waals surface area contributed by atoms with Crippen molar-refractivity contribution in [3.05, 3.63) is 57.6 Å². The number of aryl methyl sites for hydroxylation is 2. The first kappa shape index (κ1) is 16.1. The topological polar surface area (TPSA) is 21.3 Å². The molecule has 0 saturated carbocycles. The SMILES string of the molecule is CCNC(C)c1ccc(Oc2cc(C)cc(C)c2)c(Br)c1. The molecule has 0 aliphatic carbocycles. The molecule has 3 heteroatoms. The second-order valence-corrected chi connectivity index (χ2v) is 6.25. The summed E-state index contributed by atoms with van der Waals surface area (Å²) in [5.74, 6) is 1.72. The summed E-state index contributed by atoms with van der Waals surface area (Å²) in [4.78, 5) is 0. The molecule has 21 heavy (non-hydrogen) atoms. The van der Waals surface area contributed by atoms with E-state index in [9.17, 15) is 0 Å². The summed E-state index contributed by atoms with van der Waals surface area (Å²) >= 11 is 3.61. The summed E-state index contributed by atoms with van der Waals surface area (Å²) in [6, 6.07) is 12.8. The van der Waals surface area contributed by atoms with Crippen LogP contribution in [0.3, 0.4) is 0 Å². The molecule has 1 atom stereocenters. The minimum absolute atomic E-state index is 0.335. The molecule has 0 spiro atoms. The molecule has 0 aromatic heterocycles. The second kappa shape index (κ2) is 7.10. The zero-order valence-corrected chi connectivity index (χ0v) is 14.6. The van der Waals surface area contributed by atoms with Crippen molar-refractivity contribution in [1.29, 1.82) is 0 Å². The standard InChI is InChI=1S/C18H22BrNO/c1-5-20-14(4)15-6-7-18(17(19)11-15)21-16-9-12(2)8-13(3)10-16/h6-11,14,20H,5H2,1-4H3. The molecule has 0 saturated heterocycles. The summed E-state index contributed by atoms with van der Waals surface area (Å²) in [6.45, 7) is 9.39. The fourth-order valence-corrected chi connectivity index (χ4v) is 2.89. The van der Waals surface area contributed by atoms with E-state index in [-0.39, 0.29) is 0 Å². The van der Waals surface area contributed by atoms with E-state index in [1.165, 1.54) is 16.7 Å². The Kier molecular flexibility index (Phi) is 5.43. The average Bonchev–Trinajstić information content (AvgIpc) is 2.40. The molecule has 0 radical (unpaired) electrons. The third kappa shape index (κ3) is 4.32. The Morgan fingerprint density at radius 1 is 1.10 bits per heavy atom. The molecule has 0 fully saturated rings. The molecule has 2 rings (SSSR count). The number of rotatable bonds is 5. The lowest BCUT2D eigenvalue weighted by Gasteiger charge is -2.15. The Hall–Kier alpha value is -1.32. The highest BCUT2D eigenvalue weighted by Crippen LogP contribution is 2.32. The highest BCUT2D eigenvalue weighted by Gasteiger charge is 2.09. The first-order valence-electron chi connectivity index (χ1n) is 7.28. The molecule has 0 aliphatic rings. The van der Waals surface area contributed by atoms with Gasteiger partial charge in [0.15, 0.2) is 0 Å². The van der Waals surface area contributed by atoms with Gasteiger partial charge in [-0.15, -0.1) is 0 Å². The van der Waals surface area contributed by atoms with E-state index in [2.05, 4.69) is 79.3 Å².